The third-order valence-electron chi connectivity index (χ3n) is 3.79. The maximum Gasteiger partial charge on any atom is 0.191 e. The largest absolute Gasteiger partial charge is 0.488 e. The molecule has 0 fully saturated rings. The quantitative estimate of drug-likeness (QED) is 0.640. The van der Waals surface area contributed by atoms with E-state index in [1.165, 1.54) is 5.56 Å². The van der Waals surface area contributed by atoms with Crippen molar-refractivity contribution in [1.29, 1.82) is 0 Å². The molecule has 1 aromatic carbocycles. The van der Waals surface area contributed by atoms with Gasteiger partial charge in [-0.1, -0.05) is 18.2 Å². The standard InChI is InChI=1S/C17H23N5OS/c1-18-16(19-9-13-11-24-17(21-13)22(2)3)20-10-14-8-12-6-4-5-7-15(12)23-14/h4-7,11,14H,8-10H2,1-3H3,(H2,18,19,20). The molecule has 2 aromatic rings. The third-order valence-corrected chi connectivity index (χ3v) is 4.85. The zero-order valence-electron chi connectivity index (χ0n) is 14.2. The average Bonchev–Trinajstić information content (AvgIpc) is 3.21. The van der Waals surface area contributed by atoms with E-state index in [2.05, 4.69) is 32.1 Å². The van der Waals surface area contributed by atoms with Gasteiger partial charge in [-0.25, -0.2) is 4.98 Å². The fourth-order valence-electron chi connectivity index (χ4n) is 2.56. The van der Waals surface area contributed by atoms with Crippen molar-refractivity contribution in [2.45, 2.75) is 19.1 Å². The van der Waals surface area contributed by atoms with Gasteiger partial charge in [0.2, 0.25) is 0 Å². The molecule has 0 spiro atoms. The number of anilines is 1. The minimum Gasteiger partial charge on any atom is -0.488 e. The number of aliphatic imine (C=N–C) groups is 1. The van der Waals surface area contributed by atoms with Crippen LogP contribution >= 0.6 is 11.3 Å². The van der Waals surface area contributed by atoms with Crippen LogP contribution in [-0.2, 0) is 13.0 Å². The van der Waals surface area contributed by atoms with E-state index in [0.29, 0.717) is 13.1 Å². The molecule has 24 heavy (non-hydrogen) atoms. The van der Waals surface area contributed by atoms with Crippen LogP contribution in [0.15, 0.2) is 34.6 Å². The Kier molecular flexibility index (Phi) is 5.20. The van der Waals surface area contributed by atoms with Crippen LogP contribution < -0.4 is 20.3 Å². The number of rotatable bonds is 5. The zero-order chi connectivity index (χ0) is 16.9. The number of para-hydroxylation sites is 1. The lowest BCUT2D eigenvalue weighted by Gasteiger charge is -2.15. The molecule has 1 aliphatic rings. The van der Waals surface area contributed by atoms with Gasteiger partial charge in [-0.05, 0) is 11.6 Å². The smallest absolute Gasteiger partial charge is 0.191 e. The summed E-state index contributed by atoms with van der Waals surface area (Å²) < 4.78 is 5.93. The number of hydrogen-bond acceptors (Lipinski definition) is 5. The molecule has 0 radical (unpaired) electrons. The van der Waals surface area contributed by atoms with Crippen LogP contribution in [0.3, 0.4) is 0 Å². The molecule has 6 nitrogen and oxygen atoms in total. The summed E-state index contributed by atoms with van der Waals surface area (Å²) in [4.78, 5) is 10.8. The van der Waals surface area contributed by atoms with Gasteiger partial charge in [-0.3, -0.25) is 4.99 Å². The molecule has 1 atom stereocenters. The first-order chi connectivity index (χ1) is 11.7. The van der Waals surface area contributed by atoms with Crippen molar-refractivity contribution in [3.63, 3.8) is 0 Å². The maximum absolute atomic E-state index is 5.93. The van der Waals surface area contributed by atoms with Gasteiger partial charge in [-0.15, -0.1) is 11.3 Å². The van der Waals surface area contributed by atoms with Crippen molar-refractivity contribution in [3.05, 3.63) is 40.9 Å². The summed E-state index contributed by atoms with van der Waals surface area (Å²) in [5, 5.41) is 9.69. The minimum atomic E-state index is 0.139. The maximum atomic E-state index is 5.93. The molecule has 7 heteroatoms. The zero-order valence-corrected chi connectivity index (χ0v) is 15.1. The SMILES string of the molecule is CN=C(NCc1csc(N(C)C)n1)NCC1Cc2ccccc2O1. The highest BCUT2D eigenvalue weighted by Gasteiger charge is 2.22. The molecular weight excluding hydrogens is 322 g/mol. The Morgan fingerprint density at radius 2 is 2.21 bits per heavy atom. The molecule has 2 heterocycles. The summed E-state index contributed by atoms with van der Waals surface area (Å²) in [5.74, 6) is 1.75. The van der Waals surface area contributed by atoms with E-state index >= 15 is 0 Å². The van der Waals surface area contributed by atoms with Gasteiger partial charge in [-0.2, -0.15) is 0 Å². The highest BCUT2D eigenvalue weighted by molar-refractivity contribution is 7.13. The number of thiazole rings is 1. The minimum absolute atomic E-state index is 0.139. The number of ether oxygens (including phenoxy) is 1. The monoisotopic (exact) mass is 345 g/mol. The van der Waals surface area contributed by atoms with Crippen LogP contribution in [0.2, 0.25) is 0 Å². The van der Waals surface area contributed by atoms with Gasteiger partial charge < -0.3 is 20.3 Å². The van der Waals surface area contributed by atoms with E-state index in [-0.39, 0.29) is 6.10 Å². The van der Waals surface area contributed by atoms with E-state index in [1.54, 1.807) is 18.4 Å². The summed E-state index contributed by atoms with van der Waals surface area (Å²) in [6.45, 7) is 1.37. The fourth-order valence-corrected chi connectivity index (χ4v) is 3.31. The van der Waals surface area contributed by atoms with Gasteiger partial charge in [0.15, 0.2) is 11.1 Å². The molecule has 0 amide bonds. The first-order valence-electron chi connectivity index (χ1n) is 7.96. The van der Waals surface area contributed by atoms with Crippen molar-refractivity contribution >= 4 is 22.4 Å². The van der Waals surface area contributed by atoms with Gasteiger partial charge in [0.05, 0.1) is 18.8 Å². The summed E-state index contributed by atoms with van der Waals surface area (Å²) in [7, 11) is 5.76. The normalized spacial score (nSPS) is 16.5. The highest BCUT2D eigenvalue weighted by Crippen LogP contribution is 2.27. The Labute approximate surface area is 146 Å². The number of nitrogens with one attached hydrogen (secondary N) is 2. The molecule has 0 aliphatic carbocycles. The molecule has 2 N–H and O–H groups in total. The van der Waals surface area contributed by atoms with Crippen LogP contribution in [0.1, 0.15) is 11.3 Å². The van der Waals surface area contributed by atoms with Crippen LogP contribution in [-0.4, -0.2) is 44.7 Å². The summed E-state index contributed by atoms with van der Waals surface area (Å²) in [6, 6.07) is 8.19. The fraction of sp³-hybridized carbons (Fsp3) is 0.412. The van der Waals surface area contributed by atoms with E-state index in [4.69, 9.17) is 4.74 Å². The Balaban J connectivity index is 1.46. The van der Waals surface area contributed by atoms with Crippen molar-refractivity contribution in [2.24, 2.45) is 4.99 Å². The molecular formula is C17H23N5OS. The van der Waals surface area contributed by atoms with Gasteiger partial charge in [0, 0.05) is 32.9 Å². The summed E-state index contributed by atoms with van der Waals surface area (Å²) in [5.41, 5.74) is 2.28. The lowest BCUT2D eigenvalue weighted by atomic mass is 10.1. The number of hydrogen-bond donors (Lipinski definition) is 2. The number of benzene rings is 1. The number of nitrogens with zero attached hydrogens (tertiary/aromatic N) is 3. The lowest BCUT2D eigenvalue weighted by molar-refractivity contribution is 0.235. The van der Waals surface area contributed by atoms with Crippen molar-refractivity contribution in [1.82, 2.24) is 15.6 Å². The number of fused-ring (bicyclic) bond motifs is 1. The molecule has 3 rings (SSSR count). The number of aromatic nitrogens is 1. The van der Waals surface area contributed by atoms with Crippen molar-refractivity contribution in [3.8, 4) is 5.75 Å². The molecule has 1 unspecified atom stereocenters. The third kappa shape index (κ3) is 3.97. The van der Waals surface area contributed by atoms with E-state index in [1.807, 2.05) is 37.2 Å². The van der Waals surface area contributed by atoms with Gasteiger partial charge >= 0.3 is 0 Å². The molecule has 0 saturated heterocycles. The highest BCUT2D eigenvalue weighted by atomic mass is 32.1. The van der Waals surface area contributed by atoms with Crippen LogP contribution in [0.25, 0.3) is 0 Å². The van der Waals surface area contributed by atoms with E-state index < -0.39 is 0 Å². The predicted octanol–water partition coefficient (Wildman–Crippen LogP) is 1.88. The second kappa shape index (κ2) is 7.53. The molecule has 128 valence electrons. The van der Waals surface area contributed by atoms with Gasteiger partial charge in [0.25, 0.3) is 0 Å². The molecule has 0 bridgehead atoms. The van der Waals surface area contributed by atoms with Crippen LogP contribution in [0.4, 0.5) is 5.13 Å². The Morgan fingerprint density at radius 3 is 2.92 bits per heavy atom. The van der Waals surface area contributed by atoms with Crippen molar-refractivity contribution in [2.75, 3.05) is 32.6 Å². The first kappa shape index (κ1) is 16.6. The topological polar surface area (TPSA) is 61.8 Å². The Morgan fingerprint density at radius 1 is 1.38 bits per heavy atom. The Hall–Kier alpha value is -2.28. The average molecular weight is 345 g/mol. The lowest BCUT2D eigenvalue weighted by Crippen LogP contribution is -2.42. The Bertz CT molecular complexity index is 688. The molecule has 1 aromatic heterocycles. The van der Waals surface area contributed by atoms with Crippen LogP contribution in [0.5, 0.6) is 5.75 Å². The second-order valence-corrected chi connectivity index (χ2v) is 6.71. The van der Waals surface area contributed by atoms with E-state index in [9.17, 15) is 0 Å². The van der Waals surface area contributed by atoms with E-state index in [0.717, 1.165) is 29.0 Å². The molecule has 0 saturated carbocycles. The van der Waals surface area contributed by atoms with Gasteiger partial charge in [0.1, 0.15) is 11.9 Å². The second-order valence-electron chi connectivity index (χ2n) is 5.87. The van der Waals surface area contributed by atoms with Crippen molar-refractivity contribution < 1.29 is 4.74 Å². The number of guanidine groups is 1. The summed E-state index contributed by atoms with van der Waals surface area (Å²) in [6.07, 6.45) is 1.07. The summed E-state index contributed by atoms with van der Waals surface area (Å²) >= 11 is 1.64. The van der Waals surface area contributed by atoms with Crippen LogP contribution in [0, 0.1) is 0 Å². The predicted molar refractivity (Wildman–Crippen MR) is 99.2 cm³/mol. The first-order valence-corrected chi connectivity index (χ1v) is 8.84. The molecule has 1 aliphatic heterocycles.